The molecule has 2 aromatic rings. The molecule has 1 aromatic carbocycles. The lowest BCUT2D eigenvalue weighted by Crippen LogP contribution is -2.45. The van der Waals surface area contributed by atoms with Gasteiger partial charge in [-0.2, -0.15) is 0 Å². The Balaban J connectivity index is 1.60. The molecule has 0 atom stereocenters. The molecule has 1 saturated heterocycles. The molecule has 0 bridgehead atoms. The quantitative estimate of drug-likeness (QED) is 0.944. The van der Waals surface area contributed by atoms with Crippen LogP contribution in [0, 0.1) is 6.92 Å². The summed E-state index contributed by atoms with van der Waals surface area (Å²) in [7, 11) is 0. The van der Waals surface area contributed by atoms with Gasteiger partial charge in [0.2, 0.25) is 0 Å². The Morgan fingerprint density at radius 3 is 2.67 bits per heavy atom. The number of nitrogens with zero attached hydrogens (tertiary/aromatic N) is 2. The van der Waals surface area contributed by atoms with Gasteiger partial charge in [-0.05, 0) is 25.1 Å². The molecule has 1 aromatic heterocycles. The lowest BCUT2D eigenvalue weighted by molar-refractivity contribution is 0.251. The third-order valence-corrected chi connectivity index (χ3v) is 5.04. The summed E-state index contributed by atoms with van der Waals surface area (Å²) in [4.78, 5) is 20.1. The molecule has 1 aliphatic heterocycles. The van der Waals surface area contributed by atoms with Crippen LogP contribution in [-0.2, 0) is 6.54 Å². The first kappa shape index (κ1) is 14.6. The molecule has 6 heteroatoms. The summed E-state index contributed by atoms with van der Waals surface area (Å²) < 4.78 is 0. The van der Waals surface area contributed by atoms with Crippen LogP contribution in [0.3, 0.4) is 0 Å². The van der Waals surface area contributed by atoms with Crippen molar-refractivity contribution < 1.29 is 0 Å². The van der Waals surface area contributed by atoms with Crippen molar-refractivity contribution in [3.63, 3.8) is 0 Å². The molecule has 0 saturated carbocycles. The number of rotatable bonds is 3. The number of hydrogen-bond acceptors (Lipinski definition) is 4. The van der Waals surface area contributed by atoms with Crippen LogP contribution in [0.2, 0.25) is 5.02 Å². The fourth-order valence-corrected chi connectivity index (χ4v) is 3.69. The predicted molar refractivity (Wildman–Crippen MR) is 88.6 cm³/mol. The Labute approximate surface area is 133 Å². The number of aromatic amines is 1. The standard InChI is InChI=1S/C15H18ClN3OS/c1-11-14(21-15(20)17-11)10-18-5-7-19(8-6-18)13-4-2-3-12(16)9-13/h2-4,9H,5-8,10H2,1H3,(H,17,20). The first-order chi connectivity index (χ1) is 10.1. The Morgan fingerprint density at radius 2 is 2.05 bits per heavy atom. The summed E-state index contributed by atoms with van der Waals surface area (Å²) in [5, 5.41) is 0.780. The van der Waals surface area contributed by atoms with E-state index in [9.17, 15) is 4.79 Å². The van der Waals surface area contributed by atoms with E-state index in [1.54, 1.807) is 0 Å². The average Bonchev–Trinajstić information content (AvgIpc) is 2.78. The van der Waals surface area contributed by atoms with Gasteiger partial charge in [-0.1, -0.05) is 29.0 Å². The molecule has 0 radical (unpaired) electrons. The minimum Gasteiger partial charge on any atom is -0.369 e. The van der Waals surface area contributed by atoms with E-state index in [4.69, 9.17) is 11.6 Å². The molecule has 0 unspecified atom stereocenters. The van der Waals surface area contributed by atoms with Gasteiger partial charge in [0.1, 0.15) is 0 Å². The number of H-pyrrole nitrogens is 1. The lowest BCUT2D eigenvalue weighted by atomic mass is 10.2. The number of nitrogens with one attached hydrogen (secondary N) is 1. The second-order valence-corrected chi connectivity index (χ2v) is 6.81. The van der Waals surface area contributed by atoms with Gasteiger partial charge in [0.25, 0.3) is 0 Å². The van der Waals surface area contributed by atoms with Crippen LogP contribution in [-0.4, -0.2) is 36.1 Å². The van der Waals surface area contributed by atoms with Crippen LogP contribution < -0.4 is 9.77 Å². The van der Waals surface area contributed by atoms with Gasteiger partial charge in [-0.15, -0.1) is 0 Å². The fraction of sp³-hybridized carbons (Fsp3) is 0.400. The lowest BCUT2D eigenvalue weighted by Gasteiger charge is -2.36. The van der Waals surface area contributed by atoms with E-state index in [-0.39, 0.29) is 4.87 Å². The monoisotopic (exact) mass is 323 g/mol. The number of piperazine rings is 1. The van der Waals surface area contributed by atoms with Gasteiger partial charge >= 0.3 is 4.87 Å². The topological polar surface area (TPSA) is 39.3 Å². The largest absolute Gasteiger partial charge is 0.369 e. The molecule has 112 valence electrons. The summed E-state index contributed by atoms with van der Waals surface area (Å²) in [5.74, 6) is 0. The normalized spacial score (nSPS) is 16.4. The molecule has 0 amide bonds. The minimum atomic E-state index is 0.0417. The van der Waals surface area contributed by atoms with Crippen molar-refractivity contribution in [3.8, 4) is 0 Å². The number of anilines is 1. The average molecular weight is 324 g/mol. The molecular weight excluding hydrogens is 306 g/mol. The van der Waals surface area contributed by atoms with Gasteiger partial charge < -0.3 is 9.88 Å². The van der Waals surface area contributed by atoms with E-state index in [0.717, 1.165) is 48.3 Å². The third-order valence-electron chi connectivity index (χ3n) is 3.84. The van der Waals surface area contributed by atoms with Crippen molar-refractivity contribution in [2.24, 2.45) is 0 Å². The molecule has 21 heavy (non-hydrogen) atoms. The molecule has 2 heterocycles. The van der Waals surface area contributed by atoms with Gasteiger partial charge in [-0.25, -0.2) is 0 Å². The first-order valence-electron chi connectivity index (χ1n) is 7.03. The second-order valence-electron chi connectivity index (χ2n) is 5.31. The Hall–Kier alpha value is -1.30. The van der Waals surface area contributed by atoms with Gasteiger partial charge in [0, 0.05) is 54.0 Å². The maximum Gasteiger partial charge on any atom is 0.304 e. The minimum absolute atomic E-state index is 0.0417. The molecule has 0 spiro atoms. The summed E-state index contributed by atoms with van der Waals surface area (Å²) in [5.41, 5.74) is 2.19. The highest BCUT2D eigenvalue weighted by Crippen LogP contribution is 2.21. The number of aryl methyl sites for hydroxylation is 1. The maximum atomic E-state index is 11.3. The van der Waals surface area contributed by atoms with Gasteiger partial charge in [-0.3, -0.25) is 9.69 Å². The van der Waals surface area contributed by atoms with Gasteiger partial charge in [0.15, 0.2) is 0 Å². The number of thiazole rings is 1. The third kappa shape index (κ3) is 3.48. The van der Waals surface area contributed by atoms with Crippen molar-refractivity contribution in [1.82, 2.24) is 9.88 Å². The smallest absolute Gasteiger partial charge is 0.304 e. The highest BCUT2D eigenvalue weighted by molar-refractivity contribution is 7.09. The summed E-state index contributed by atoms with van der Waals surface area (Å²) >= 11 is 7.37. The van der Waals surface area contributed by atoms with E-state index in [1.807, 2.05) is 25.1 Å². The SMILES string of the molecule is Cc1[nH]c(=O)sc1CN1CCN(c2cccc(Cl)c2)CC1. The van der Waals surface area contributed by atoms with E-state index < -0.39 is 0 Å². The zero-order valence-electron chi connectivity index (χ0n) is 11.9. The van der Waals surface area contributed by atoms with Crippen LogP contribution in [0.15, 0.2) is 29.1 Å². The first-order valence-corrected chi connectivity index (χ1v) is 8.23. The van der Waals surface area contributed by atoms with Crippen molar-refractivity contribution >= 4 is 28.6 Å². The van der Waals surface area contributed by atoms with Crippen LogP contribution >= 0.6 is 22.9 Å². The number of benzene rings is 1. The van der Waals surface area contributed by atoms with Crippen molar-refractivity contribution in [1.29, 1.82) is 0 Å². The van der Waals surface area contributed by atoms with Crippen LogP contribution in [0.5, 0.6) is 0 Å². The fourth-order valence-electron chi connectivity index (χ4n) is 2.63. The van der Waals surface area contributed by atoms with Crippen molar-refractivity contribution in [2.75, 3.05) is 31.1 Å². The van der Waals surface area contributed by atoms with Crippen LogP contribution in [0.4, 0.5) is 5.69 Å². The van der Waals surface area contributed by atoms with Gasteiger partial charge in [0.05, 0.1) is 0 Å². The highest BCUT2D eigenvalue weighted by Gasteiger charge is 2.18. The van der Waals surface area contributed by atoms with E-state index >= 15 is 0 Å². The van der Waals surface area contributed by atoms with E-state index in [2.05, 4.69) is 20.9 Å². The molecular formula is C15H18ClN3OS. The van der Waals surface area contributed by atoms with Crippen molar-refractivity contribution in [2.45, 2.75) is 13.5 Å². The Kier molecular flexibility index (Phi) is 4.33. The molecule has 4 nitrogen and oxygen atoms in total. The predicted octanol–water partition coefficient (Wildman–Crippen LogP) is 2.72. The van der Waals surface area contributed by atoms with Crippen LogP contribution in [0.1, 0.15) is 10.6 Å². The van der Waals surface area contributed by atoms with Crippen molar-refractivity contribution in [3.05, 3.63) is 49.5 Å². The zero-order chi connectivity index (χ0) is 14.8. The molecule has 1 fully saturated rings. The summed E-state index contributed by atoms with van der Waals surface area (Å²) in [6, 6.07) is 8.01. The molecule has 3 rings (SSSR count). The maximum absolute atomic E-state index is 11.3. The van der Waals surface area contributed by atoms with Crippen LogP contribution in [0.25, 0.3) is 0 Å². The Morgan fingerprint density at radius 1 is 1.29 bits per heavy atom. The van der Waals surface area contributed by atoms with E-state index in [1.165, 1.54) is 17.0 Å². The summed E-state index contributed by atoms with van der Waals surface area (Å²) in [6.45, 7) is 6.79. The van der Waals surface area contributed by atoms with E-state index in [0.29, 0.717) is 0 Å². The Bertz CT molecular complexity index is 674. The highest BCUT2D eigenvalue weighted by atomic mass is 35.5. The second kappa shape index (κ2) is 6.22. The molecule has 1 N–H and O–H groups in total. The zero-order valence-corrected chi connectivity index (χ0v) is 13.5. The number of halogens is 1. The number of aromatic nitrogens is 1. The molecule has 1 aliphatic rings. The number of hydrogen-bond donors (Lipinski definition) is 1. The summed E-state index contributed by atoms with van der Waals surface area (Å²) in [6.07, 6.45) is 0. The molecule has 0 aliphatic carbocycles.